The molecule has 3 rings (SSSR count). The molecule has 28 heavy (non-hydrogen) atoms. The Morgan fingerprint density at radius 2 is 1.82 bits per heavy atom. The third-order valence-corrected chi connectivity index (χ3v) is 4.89. The van der Waals surface area contributed by atoms with E-state index in [0.717, 1.165) is 18.3 Å². The quantitative estimate of drug-likeness (QED) is 0.496. The van der Waals surface area contributed by atoms with E-state index in [1.165, 1.54) is 0 Å². The molecule has 0 amide bonds. The maximum atomic E-state index is 13.5. The van der Waals surface area contributed by atoms with Gasteiger partial charge in [0, 0.05) is 17.3 Å². The molecule has 3 aromatic rings. The molecule has 0 radical (unpaired) electrons. The summed E-state index contributed by atoms with van der Waals surface area (Å²) >= 11 is 0. The zero-order valence-electron chi connectivity index (χ0n) is 14.0. The molecule has 6 nitrogen and oxygen atoms in total. The van der Waals surface area contributed by atoms with Crippen molar-refractivity contribution in [2.45, 2.75) is 30.3 Å². The van der Waals surface area contributed by atoms with Crippen LogP contribution in [0.2, 0.25) is 0 Å². The summed E-state index contributed by atoms with van der Waals surface area (Å²) in [7, 11) is -4.58. The molecule has 0 aliphatic heterocycles. The van der Waals surface area contributed by atoms with Crippen molar-refractivity contribution in [1.29, 1.82) is 0 Å². The van der Waals surface area contributed by atoms with E-state index < -0.39 is 32.7 Å². The van der Waals surface area contributed by atoms with E-state index in [0.29, 0.717) is 12.1 Å². The highest BCUT2D eigenvalue weighted by Gasteiger charge is 2.58. The highest BCUT2D eigenvalue weighted by Crippen LogP contribution is 2.44. The fraction of sp³-hybridized carbons (Fsp3) is 0.250. The zero-order chi connectivity index (χ0) is 20.9. The Kier molecular flexibility index (Phi) is 4.66. The van der Waals surface area contributed by atoms with Crippen LogP contribution in [-0.4, -0.2) is 29.1 Å². The van der Waals surface area contributed by atoms with Gasteiger partial charge in [-0.1, -0.05) is 6.92 Å². The van der Waals surface area contributed by atoms with E-state index >= 15 is 0 Å². The van der Waals surface area contributed by atoms with Crippen LogP contribution in [0.15, 0.2) is 39.8 Å². The molecule has 150 valence electrons. The minimum atomic E-state index is -5.78. The molecule has 0 unspecified atom stereocenters. The molecular weight excluding hydrogens is 411 g/mol. The Morgan fingerprint density at radius 1 is 1.14 bits per heavy atom. The molecule has 1 aromatic carbocycles. The third-order valence-electron chi connectivity index (χ3n) is 3.95. The average Bonchev–Trinajstić information content (AvgIpc) is 3.02. The first-order valence-electron chi connectivity index (χ1n) is 7.67. The van der Waals surface area contributed by atoms with Crippen molar-refractivity contribution >= 4 is 21.2 Å². The van der Waals surface area contributed by atoms with Gasteiger partial charge in [0.1, 0.15) is 16.1 Å². The number of hydrogen-bond acceptors (Lipinski definition) is 5. The molecule has 0 fully saturated rings. The molecule has 0 saturated heterocycles. The predicted octanol–water partition coefficient (Wildman–Crippen LogP) is 4.35. The van der Waals surface area contributed by atoms with Crippen LogP contribution in [-0.2, 0) is 22.5 Å². The van der Waals surface area contributed by atoms with E-state index in [9.17, 15) is 34.9 Å². The lowest BCUT2D eigenvalue weighted by Gasteiger charge is -2.19. The van der Waals surface area contributed by atoms with Crippen molar-refractivity contribution < 1.29 is 39.3 Å². The van der Waals surface area contributed by atoms with Crippen molar-refractivity contribution in [2.75, 3.05) is 0 Å². The van der Waals surface area contributed by atoms with Gasteiger partial charge in [0.05, 0.1) is 0 Å². The lowest BCUT2D eigenvalue weighted by molar-refractivity contribution is -0.289. The molecule has 0 spiro atoms. The van der Waals surface area contributed by atoms with Gasteiger partial charge >= 0.3 is 12.1 Å². The topological polar surface area (TPSA) is 93.3 Å². The molecule has 0 aliphatic rings. The minimum Gasteiger partial charge on any atom is -0.435 e. The van der Waals surface area contributed by atoms with Crippen molar-refractivity contribution in [3.8, 4) is 11.6 Å². The van der Waals surface area contributed by atoms with Crippen LogP contribution in [0.1, 0.15) is 18.1 Å². The lowest BCUT2D eigenvalue weighted by atomic mass is 10.1. The van der Waals surface area contributed by atoms with Gasteiger partial charge in [-0.15, -0.1) is 0 Å². The predicted molar refractivity (Wildman–Crippen MR) is 86.4 cm³/mol. The van der Waals surface area contributed by atoms with Gasteiger partial charge in [0.2, 0.25) is 5.89 Å². The summed E-state index contributed by atoms with van der Waals surface area (Å²) in [5, 5.41) is 0. The number of rotatable bonds is 4. The smallest absolute Gasteiger partial charge is 0.435 e. The zero-order valence-corrected chi connectivity index (χ0v) is 14.8. The van der Waals surface area contributed by atoms with Gasteiger partial charge in [0.15, 0.2) is 5.58 Å². The number of fused-ring (bicyclic) bond motifs is 1. The summed E-state index contributed by atoms with van der Waals surface area (Å²) in [6, 6.07) is 3.06. The number of oxazole rings is 1. The number of aromatic nitrogens is 2. The summed E-state index contributed by atoms with van der Waals surface area (Å²) in [6.07, 6.45) is -4.63. The number of halogens is 5. The van der Waals surface area contributed by atoms with Crippen molar-refractivity contribution in [2.24, 2.45) is 0 Å². The van der Waals surface area contributed by atoms with Crippen LogP contribution in [0.4, 0.5) is 22.0 Å². The fourth-order valence-corrected chi connectivity index (χ4v) is 3.42. The van der Waals surface area contributed by atoms with Gasteiger partial charge in [-0.3, -0.25) is 9.54 Å². The second kappa shape index (κ2) is 6.48. The van der Waals surface area contributed by atoms with E-state index in [4.69, 9.17) is 4.42 Å². The van der Waals surface area contributed by atoms with Crippen molar-refractivity contribution in [3.63, 3.8) is 0 Å². The standard InChI is InChI=1S/C16H11F5N2O4S/c1-2-9-12(28(24,25)26)5-6-22-13(9)14-23-10-7-8(3-4-11(10)27-14)15(17,18)16(19,20)21/h3-7H,2H2,1H3,(H,24,25,26). The number of alkyl halides is 5. The van der Waals surface area contributed by atoms with Gasteiger partial charge in [-0.2, -0.15) is 30.4 Å². The molecule has 2 heterocycles. The number of benzene rings is 1. The number of hydrogen-bond donors (Lipinski definition) is 1. The Labute approximate surface area is 154 Å². The average molecular weight is 422 g/mol. The minimum absolute atomic E-state index is 0.0531. The van der Waals surface area contributed by atoms with Crippen molar-refractivity contribution in [3.05, 3.63) is 41.6 Å². The summed E-state index contributed by atoms with van der Waals surface area (Å²) < 4.78 is 102. The van der Waals surface area contributed by atoms with Crippen LogP contribution >= 0.6 is 0 Å². The summed E-state index contributed by atoms with van der Waals surface area (Å²) in [5.41, 5.74) is -1.74. The highest BCUT2D eigenvalue weighted by molar-refractivity contribution is 7.85. The fourth-order valence-electron chi connectivity index (χ4n) is 2.63. The summed E-state index contributed by atoms with van der Waals surface area (Å²) in [6.45, 7) is 1.57. The number of pyridine rings is 1. The van der Waals surface area contributed by atoms with Crippen LogP contribution in [0.5, 0.6) is 0 Å². The third kappa shape index (κ3) is 3.33. The molecular formula is C16H11F5N2O4S. The molecule has 1 N–H and O–H groups in total. The molecule has 0 saturated carbocycles. The van der Waals surface area contributed by atoms with Crippen LogP contribution in [0.25, 0.3) is 22.7 Å². The van der Waals surface area contributed by atoms with E-state index in [2.05, 4.69) is 9.97 Å². The molecule has 0 atom stereocenters. The van der Waals surface area contributed by atoms with E-state index in [1.807, 2.05) is 0 Å². The first kappa shape index (κ1) is 20.1. The maximum absolute atomic E-state index is 13.5. The highest BCUT2D eigenvalue weighted by atomic mass is 32.2. The van der Waals surface area contributed by atoms with Crippen LogP contribution in [0, 0.1) is 0 Å². The molecule has 0 aliphatic carbocycles. The SMILES string of the molecule is CCc1c(S(=O)(=O)O)ccnc1-c1nc2cc(C(F)(F)C(F)(F)F)ccc2o1. The first-order valence-corrected chi connectivity index (χ1v) is 9.11. The van der Waals surface area contributed by atoms with Crippen molar-refractivity contribution in [1.82, 2.24) is 9.97 Å². The Balaban J connectivity index is 2.17. The lowest BCUT2D eigenvalue weighted by Crippen LogP contribution is -2.33. The van der Waals surface area contributed by atoms with E-state index in [-0.39, 0.29) is 34.7 Å². The molecule has 2 aromatic heterocycles. The largest absolute Gasteiger partial charge is 0.458 e. The number of nitrogens with zero attached hydrogens (tertiary/aromatic N) is 2. The normalized spacial score (nSPS) is 13.2. The van der Waals surface area contributed by atoms with Crippen LogP contribution < -0.4 is 0 Å². The van der Waals surface area contributed by atoms with Gasteiger partial charge in [0.25, 0.3) is 10.1 Å². The first-order chi connectivity index (χ1) is 12.9. The van der Waals surface area contributed by atoms with Crippen LogP contribution in [0.3, 0.4) is 0 Å². The van der Waals surface area contributed by atoms with Gasteiger partial charge in [-0.25, -0.2) is 4.98 Å². The second-order valence-corrected chi connectivity index (χ2v) is 7.13. The second-order valence-electron chi connectivity index (χ2n) is 5.74. The maximum Gasteiger partial charge on any atom is 0.458 e. The Morgan fingerprint density at radius 3 is 2.39 bits per heavy atom. The molecule has 12 heteroatoms. The van der Waals surface area contributed by atoms with Gasteiger partial charge in [-0.05, 0) is 30.7 Å². The summed E-state index contributed by atoms with van der Waals surface area (Å²) in [4.78, 5) is 7.37. The van der Waals surface area contributed by atoms with Gasteiger partial charge < -0.3 is 4.42 Å². The summed E-state index contributed by atoms with van der Waals surface area (Å²) in [5.74, 6) is -5.37. The monoisotopic (exact) mass is 422 g/mol. The van der Waals surface area contributed by atoms with E-state index in [1.54, 1.807) is 6.92 Å². The molecule has 0 bridgehead atoms. The Hall–Kier alpha value is -2.60. The Bertz CT molecular complexity index is 1160.